The van der Waals surface area contributed by atoms with Gasteiger partial charge in [0.2, 0.25) is 6.17 Å². The zero-order chi connectivity index (χ0) is 15.8. The van der Waals surface area contributed by atoms with E-state index in [1.165, 1.54) is 0 Å². The van der Waals surface area contributed by atoms with Crippen molar-refractivity contribution < 1.29 is 27.4 Å². The molecule has 1 fully saturated rings. The molecule has 0 aliphatic carbocycles. The summed E-state index contributed by atoms with van der Waals surface area (Å²) in [5, 5.41) is 8.79. The topological polar surface area (TPSA) is 90.4 Å². The Balaban J connectivity index is 2.43. The number of alkyl halides is 4. The van der Waals surface area contributed by atoms with Crippen LogP contribution in [0.25, 0.3) is 0 Å². The van der Waals surface area contributed by atoms with Gasteiger partial charge in [-0.05, 0) is 0 Å². The van der Waals surface area contributed by atoms with E-state index in [1.54, 1.807) is 0 Å². The molecule has 0 saturated carbocycles. The highest BCUT2D eigenvalue weighted by Crippen LogP contribution is 2.42. The van der Waals surface area contributed by atoms with E-state index < -0.39 is 43.4 Å². The minimum Gasteiger partial charge on any atom is -0.393 e. The first-order valence-corrected chi connectivity index (χ1v) is 6.04. The molecule has 2 heterocycles. The molecule has 1 aromatic rings. The molecule has 1 aliphatic heterocycles. The molecule has 0 aromatic carbocycles. The number of nitrogen functional groups attached to an aromatic ring is 1. The summed E-state index contributed by atoms with van der Waals surface area (Å²) in [5.74, 6) is -4.21. The molecule has 1 aromatic heterocycles. The highest BCUT2D eigenvalue weighted by Gasteiger charge is 2.60. The number of ether oxygens (including phenoxy) is 1. The molecule has 3 N–H and O–H groups in total. The highest BCUT2D eigenvalue weighted by atomic mass is 19.3. The number of rotatable bonds is 4. The van der Waals surface area contributed by atoms with E-state index in [9.17, 15) is 22.4 Å². The van der Waals surface area contributed by atoms with Gasteiger partial charge in [-0.1, -0.05) is 0 Å². The molecule has 3 unspecified atom stereocenters. The Morgan fingerprint density at radius 2 is 2.19 bits per heavy atom. The van der Waals surface area contributed by atoms with Crippen LogP contribution in [-0.4, -0.2) is 46.1 Å². The standard InChI is InChI=1S/C11H13F4N3O3/c12-2-1-5-3-18(10(20)17-8(5)16)9-7(13)11(14,15)6(4-19)21-9/h3,6-7,9,19H,1-2,4H2,(H2,16,17,20). The van der Waals surface area contributed by atoms with Gasteiger partial charge in [0.1, 0.15) is 11.9 Å². The Morgan fingerprint density at radius 1 is 1.52 bits per heavy atom. The number of anilines is 1. The zero-order valence-corrected chi connectivity index (χ0v) is 10.7. The van der Waals surface area contributed by atoms with Gasteiger partial charge >= 0.3 is 11.6 Å². The number of hydrogen-bond acceptors (Lipinski definition) is 5. The average molecular weight is 311 g/mol. The average Bonchev–Trinajstić information content (AvgIpc) is 2.64. The maximum atomic E-state index is 13.8. The van der Waals surface area contributed by atoms with Crippen LogP contribution in [0.15, 0.2) is 11.0 Å². The van der Waals surface area contributed by atoms with Gasteiger partial charge in [-0.15, -0.1) is 0 Å². The lowest BCUT2D eigenvalue weighted by Crippen LogP contribution is -2.39. The minimum atomic E-state index is -3.96. The minimum absolute atomic E-state index is 0.0728. The summed E-state index contributed by atoms with van der Waals surface area (Å²) in [6.07, 6.45) is -6.15. The highest BCUT2D eigenvalue weighted by molar-refractivity contribution is 5.37. The molecule has 10 heteroatoms. The van der Waals surface area contributed by atoms with Crippen LogP contribution in [0.1, 0.15) is 11.8 Å². The van der Waals surface area contributed by atoms with Gasteiger partial charge in [0, 0.05) is 18.2 Å². The van der Waals surface area contributed by atoms with E-state index in [0.717, 1.165) is 6.20 Å². The number of aryl methyl sites for hydroxylation is 1. The van der Waals surface area contributed by atoms with Crippen LogP contribution < -0.4 is 11.4 Å². The van der Waals surface area contributed by atoms with Crippen molar-refractivity contribution in [3.8, 4) is 0 Å². The Bertz CT molecular complexity index is 580. The Labute approximate surface area is 116 Å². The number of nitrogens with zero attached hydrogens (tertiary/aromatic N) is 2. The molecule has 3 atom stereocenters. The number of aliphatic hydroxyl groups excluding tert-OH is 1. The summed E-state index contributed by atoms with van der Waals surface area (Å²) in [5.41, 5.74) is 4.38. The van der Waals surface area contributed by atoms with Gasteiger partial charge in [-0.2, -0.15) is 4.98 Å². The number of aliphatic hydroxyl groups is 1. The van der Waals surface area contributed by atoms with E-state index in [-0.39, 0.29) is 17.8 Å². The molecule has 1 saturated heterocycles. The zero-order valence-electron chi connectivity index (χ0n) is 10.7. The number of aromatic nitrogens is 2. The van der Waals surface area contributed by atoms with Crippen molar-refractivity contribution in [3.63, 3.8) is 0 Å². The Hall–Kier alpha value is -1.68. The van der Waals surface area contributed by atoms with Crippen LogP contribution in [0.4, 0.5) is 23.4 Å². The summed E-state index contributed by atoms with van der Waals surface area (Å²) in [6, 6.07) is 0. The molecule has 6 nitrogen and oxygen atoms in total. The molecule has 2 rings (SSSR count). The van der Waals surface area contributed by atoms with Crippen molar-refractivity contribution in [2.45, 2.75) is 30.8 Å². The van der Waals surface area contributed by atoms with Crippen LogP contribution in [0, 0.1) is 0 Å². The quantitative estimate of drug-likeness (QED) is 0.775. The smallest absolute Gasteiger partial charge is 0.351 e. The van der Waals surface area contributed by atoms with Crippen LogP contribution in [0.3, 0.4) is 0 Å². The first-order valence-electron chi connectivity index (χ1n) is 6.04. The van der Waals surface area contributed by atoms with Crippen LogP contribution in [0.2, 0.25) is 0 Å². The normalized spacial score (nSPS) is 28.0. The third-order valence-corrected chi connectivity index (χ3v) is 3.22. The third-order valence-electron chi connectivity index (χ3n) is 3.22. The predicted molar refractivity (Wildman–Crippen MR) is 63.4 cm³/mol. The first-order chi connectivity index (χ1) is 9.82. The lowest BCUT2D eigenvalue weighted by atomic mass is 10.1. The maximum absolute atomic E-state index is 13.8. The monoisotopic (exact) mass is 311 g/mol. The fourth-order valence-electron chi connectivity index (χ4n) is 2.07. The number of hydrogen-bond donors (Lipinski definition) is 2. The van der Waals surface area contributed by atoms with Crippen LogP contribution >= 0.6 is 0 Å². The van der Waals surface area contributed by atoms with Gasteiger partial charge in [-0.25, -0.2) is 18.0 Å². The third kappa shape index (κ3) is 2.60. The molecule has 118 valence electrons. The summed E-state index contributed by atoms with van der Waals surface area (Å²) < 4.78 is 58.4. The van der Waals surface area contributed by atoms with Gasteiger partial charge in [0.25, 0.3) is 0 Å². The number of nitrogens with two attached hydrogens (primary N) is 1. The van der Waals surface area contributed by atoms with Crippen molar-refractivity contribution in [1.29, 1.82) is 0 Å². The van der Waals surface area contributed by atoms with Gasteiger partial charge in [0.05, 0.1) is 13.3 Å². The molecule has 0 amide bonds. The van der Waals surface area contributed by atoms with Crippen LogP contribution in [0.5, 0.6) is 0 Å². The second kappa shape index (κ2) is 5.60. The second-order valence-electron chi connectivity index (χ2n) is 4.55. The molecule has 1 aliphatic rings. The first kappa shape index (κ1) is 15.7. The largest absolute Gasteiger partial charge is 0.393 e. The molecule has 0 spiro atoms. The van der Waals surface area contributed by atoms with Crippen molar-refractivity contribution in [1.82, 2.24) is 9.55 Å². The van der Waals surface area contributed by atoms with E-state index in [2.05, 4.69) is 4.98 Å². The molecular weight excluding hydrogens is 298 g/mol. The predicted octanol–water partition coefficient (Wildman–Crippen LogP) is 0.201. The second-order valence-corrected chi connectivity index (χ2v) is 4.55. The summed E-state index contributed by atoms with van der Waals surface area (Å²) in [6.45, 7) is -1.93. The Kier molecular flexibility index (Phi) is 4.19. The summed E-state index contributed by atoms with van der Waals surface area (Å²) in [4.78, 5) is 15.0. The SMILES string of the molecule is Nc1nc(=O)n(C2OC(CO)C(F)(F)C2F)cc1CCF. The number of halogens is 4. The molecular formula is C11H13F4N3O3. The van der Waals surface area contributed by atoms with Crippen molar-refractivity contribution in [2.75, 3.05) is 19.0 Å². The van der Waals surface area contributed by atoms with E-state index >= 15 is 0 Å². The molecule has 0 bridgehead atoms. The fourth-order valence-corrected chi connectivity index (χ4v) is 2.07. The lowest BCUT2D eigenvalue weighted by Gasteiger charge is -2.17. The van der Waals surface area contributed by atoms with E-state index in [0.29, 0.717) is 4.57 Å². The van der Waals surface area contributed by atoms with Crippen molar-refractivity contribution in [2.24, 2.45) is 0 Å². The molecule has 0 radical (unpaired) electrons. The summed E-state index contributed by atoms with van der Waals surface area (Å²) >= 11 is 0. The van der Waals surface area contributed by atoms with Crippen molar-refractivity contribution in [3.05, 3.63) is 22.2 Å². The van der Waals surface area contributed by atoms with E-state index in [1.807, 2.05) is 0 Å². The van der Waals surface area contributed by atoms with Gasteiger partial charge in [0.15, 0.2) is 6.23 Å². The Morgan fingerprint density at radius 3 is 2.71 bits per heavy atom. The van der Waals surface area contributed by atoms with E-state index in [4.69, 9.17) is 15.6 Å². The molecule has 21 heavy (non-hydrogen) atoms. The van der Waals surface area contributed by atoms with Gasteiger partial charge in [-0.3, -0.25) is 8.96 Å². The fraction of sp³-hybridized carbons (Fsp3) is 0.636. The maximum Gasteiger partial charge on any atom is 0.351 e. The van der Waals surface area contributed by atoms with Crippen molar-refractivity contribution >= 4 is 5.82 Å². The van der Waals surface area contributed by atoms with Gasteiger partial charge < -0.3 is 15.6 Å². The summed E-state index contributed by atoms with van der Waals surface area (Å²) in [7, 11) is 0. The lowest BCUT2D eigenvalue weighted by molar-refractivity contribution is -0.111. The van der Waals surface area contributed by atoms with Crippen LogP contribution in [-0.2, 0) is 11.2 Å².